The largest absolute Gasteiger partial charge is 0.383 e. The molecule has 4 heteroatoms. The number of rotatable bonds is 10. The fourth-order valence-corrected chi connectivity index (χ4v) is 2.00. The van der Waals surface area contributed by atoms with Crippen LogP contribution in [0.25, 0.3) is 0 Å². The summed E-state index contributed by atoms with van der Waals surface area (Å²) in [5, 5.41) is 3.39. The third-order valence-corrected chi connectivity index (χ3v) is 3.32. The molecule has 4 nitrogen and oxygen atoms in total. The van der Waals surface area contributed by atoms with Gasteiger partial charge in [0, 0.05) is 39.0 Å². The van der Waals surface area contributed by atoms with Crippen molar-refractivity contribution in [2.45, 2.75) is 46.3 Å². The molecule has 1 aromatic rings. The van der Waals surface area contributed by atoms with Gasteiger partial charge in [0.2, 0.25) is 0 Å². The Morgan fingerprint density at radius 3 is 2.70 bits per heavy atom. The summed E-state index contributed by atoms with van der Waals surface area (Å²) < 4.78 is 5.16. The summed E-state index contributed by atoms with van der Waals surface area (Å²) in [4.78, 5) is 6.94. The predicted molar refractivity (Wildman–Crippen MR) is 83.7 cm³/mol. The summed E-state index contributed by atoms with van der Waals surface area (Å²) >= 11 is 0. The summed E-state index contributed by atoms with van der Waals surface area (Å²) in [7, 11) is 1.74. The van der Waals surface area contributed by atoms with Crippen LogP contribution < -0.4 is 5.32 Å². The summed E-state index contributed by atoms with van der Waals surface area (Å²) in [6, 6.07) is 4.79. The minimum absolute atomic E-state index is 0.498. The lowest BCUT2D eigenvalue weighted by Crippen LogP contribution is -2.33. The second kappa shape index (κ2) is 9.86. The summed E-state index contributed by atoms with van der Waals surface area (Å²) in [6.45, 7) is 11.1. The van der Waals surface area contributed by atoms with Gasteiger partial charge in [0.15, 0.2) is 0 Å². The van der Waals surface area contributed by atoms with Crippen molar-refractivity contribution >= 4 is 0 Å². The summed E-state index contributed by atoms with van der Waals surface area (Å²) in [5.74, 6) is 0. The van der Waals surface area contributed by atoms with E-state index in [1.807, 2.05) is 6.20 Å². The second-order valence-corrected chi connectivity index (χ2v) is 5.39. The van der Waals surface area contributed by atoms with Crippen LogP contribution in [0.1, 0.15) is 38.4 Å². The molecular weight excluding hydrogens is 250 g/mol. The van der Waals surface area contributed by atoms with Crippen molar-refractivity contribution in [1.29, 1.82) is 0 Å². The summed E-state index contributed by atoms with van der Waals surface area (Å²) in [5.41, 5.74) is 2.37. The highest BCUT2D eigenvalue weighted by molar-refractivity contribution is 5.14. The van der Waals surface area contributed by atoms with E-state index in [1.165, 1.54) is 5.56 Å². The zero-order valence-corrected chi connectivity index (χ0v) is 13.4. The zero-order valence-electron chi connectivity index (χ0n) is 13.4. The third-order valence-electron chi connectivity index (χ3n) is 3.32. The van der Waals surface area contributed by atoms with Crippen LogP contribution in [0.15, 0.2) is 18.3 Å². The molecule has 1 rings (SSSR count). The van der Waals surface area contributed by atoms with Crippen LogP contribution in [0, 0.1) is 0 Å². The van der Waals surface area contributed by atoms with Gasteiger partial charge in [0.25, 0.3) is 0 Å². The molecule has 0 aliphatic heterocycles. The fraction of sp³-hybridized carbons (Fsp3) is 0.688. The van der Waals surface area contributed by atoms with Crippen LogP contribution in [-0.4, -0.2) is 42.7 Å². The molecule has 1 aromatic heterocycles. The van der Waals surface area contributed by atoms with Gasteiger partial charge in [-0.2, -0.15) is 0 Å². The maximum atomic E-state index is 5.16. The molecular formula is C16H29N3O. The molecule has 0 radical (unpaired) electrons. The molecule has 0 atom stereocenters. The quantitative estimate of drug-likeness (QED) is 0.668. The van der Waals surface area contributed by atoms with Crippen molar-refractivity contribution in [2.75, 3.05) is 26.8 Å². The van der Waals surface area contributed by atoms with Gasteiger partial charge in [0.05, 0.1) is 12.3 Å². The lowest BCUT2D eigenvalue weighted by atomic mass is 10.2. The molecule has 0 saturated heterocycles. The van der Waals surface area contributed by atoms with Crippen LogP contribution in [0.5, 0.6) is 0 Å². The average Bonchev–Trinajstić information content (AvgIpc) is 2.45. The highest BCUT2D eigenvalue weighted by Crippen LogP contribution is 2.07. The van der Waals surface area contributed by atoms with Gasteiger partial charge in [-0.05, 0) is 38.4 Å². The first-order valence-corrected chi connectivity index (χ1v) is 7.54. The third kappa shape index (κ3) is 6.46. The number of pyridine rings is 1. The smallest absolute Gasteiger partial charge is 0.0589 e. The van der Waals surface area contributed by atoms with Crippen molar-refractivity contribution < 1.29 is 4.74 Å². The van der Waals surface area contributed by atoms with Crippen molar-refractivity contribution in [3.8, 4) is 0 Å². The molecule has 0 amide bonds. The minimum Gasteiger partial charge on any atom is -0.383 e. The monoisotopic (exact) mass is 279 g/mol. The lowest BCUT2D eigenvalue weighted by Gasteiger charge is -2.25. The fourth-order valence-electron chi connectivity index (χ4n) is 2.00. The first-order chi connectivity index (χ1) is 9.67. The first kappa shape index (κ1) is 17.1. The van der Waals surface area contributed by atoms with E-state index in [2.05, 4.69) is 48.1 Å². The maximum Gasteiger partial charge on any atom is 0.0589 e. The standard InChI is InChI=1S/C16H29N3O/c1-5-8-17-11-15-6-7-16(18-12-15)13-19(14(2)3)9-10-20-4/h6-7,12,14,17H,5,8-11,13H2,1-4H3. The van der Waals surface area contributed by atoms with Gasteiger partial charge in [-0.3, -0.25) is 9.88 Å². The Bertz CT molecular complexity index is 351. The lowest BCUT2D eigenvalue weighted by molar-refractivity contribution is 0.124. The van der Waals surface area contributed by atoms with Crippen LogP contribution in [0.2, 0.25) is 0 Å². The Morgan fingerprint density at radius 2 is 2.15 bits per heavy atom. The van der Waals surface area contributed by atoms with Crippen LogP contribution in [0.4, 0.5) is 0 Å². The average molecular weight is 279 g/mol. The highest BCUT2D eigenvalue weighted by Gasteiger charge is 2.10. The van der Waals surface area contributed by atoms with Gasteiger partial charge in [-0.25, -0.2) is 0 Å². The Kier molecular flexibility index (Phi) is 8.42. The SMILES string of the molecule is CCCNCc1ccc(CN(CCOC)C(C)C)nc1. The molecule has 0 spiro atoms. The van der Waals surface area contributed by atoms with E-state index in [0.717, 1.165) is 44.9 Å². The molecule has 0 bridgehead atoms. The molecule has 114 valence electrons. The van der Waals surface area contributed by atoms with E-state index >= 15 is 0 Å². The van der Waals surface area contributed by atoms with Gasteiger partial charge in [0.1, 0.15) is 0 Å². The van der Waals surface area contributed by atoms with Gasteiger partial charge in [-0.15, -0.1) is 0 Å². The van der Waals surface area contributed by atoms with E-state index in [1.54, 1.807) is 7.11 Å². The van der Waals surface area contributed by atoms with E-state index in [-0.39, 0.29) is 0 Å². The topological polar surface area (TPSA) is 37.4 Å². The van der Waals surface area contributed by atoms with Crippen molar-refractivity contribution in [2.24, 2.45) is 0 Å². The van der Waals surface area contributed by atoms with E-state index in [9.17, 15) is 0 Å². The first-order valence-electron chi connectivity index (χ1n) is 7.54. The Morgan fingerprint density at radius 1 is 1.35 bits per heavy atom. The van der Waals surface area contributed by atoms with E-state index in [4.69, 9.17) is 4.74 Å². The summed E-state index contributed by atoms with van der Waals surface area (Å²) in [6.07, 6.45) is 3.14. The molecule has 0 unspecified atom stereocenters. The van der Waals surface area contributed by atoms with Crippen molar-refractivity contribution in [1.82, 2.24) is 15.2 Å². The number of aromatic nitrogens is 1. The number of nitrogens with one attached hydrogen (secondary N) is 1. The van der Waals surface area contributed by atoms with E-state index < -0.39 is 0 Å². The van der Waals surface area contributed by atoms with Gasteiger partial charge in [-0.1, -0.05) is 13.0 Å². The van der Waals surface area contributed by atoms with Gasteiger partial charge < -0.3 is 10.1 Å². The molecule has 0 aliphatic rings. The number of hydrogen-bond donors (Lipinski definition) is 1. The normalized spacial score (nSPS) is 11.5. The molecule has 0 fully saturated rings. The number of nitrogens with zero attached hydrogens (tertiary/aromatic N) is 2. The maximum absolute atomic E-state index is 5.16. The molecule has 0 aliphatic carbocycles. The second-order valence-electron chi connectivity index (χ2n) is 5.39. The van der Waals surface area contributed by atoms with Crippen LogP contribution >= 0.6 is 0 Å². The number of hydrogen-bond acceptors (Lipinski definition) is 4. The molecule has 0 aromatic carbocycles. The van der Waals surface area contributed by atoms with Gasteiger partial charge >= 0.3 is 0 Å². The molecule has 1 N–H and O–H groups in total. The Hall–Kier alpha value is -0.970. The van der Waals surface area contributed by atoms with E-state index in [0.29, 0.717) is 6.04 Å². The van der Waals surface area contributed by atoms with Crippen molar-refractivity contribution in [3.63, 3.8) is 0 Å². The Labute approximate surface area is 123 Å². The molecule has 20 heavy (non-hydrogen) atoms. The van der Waals surface area contributed by atoms with Crippen LogP contribution in [0.3, 0.4) is 0 Å². The Balaban J connectivity index is 2.49. The minimum atomic E-state index is 0.498. The van der Waals surface area contributed by atoms with Crippen molar-refractivity contribution in [3.05, 3.63) is 29.6 Å². The van der Waals surface area contributed by atoms with Crippen LogP contribution in [-0.2, 0) is 17.8 Å². The number of ether oxygens (including phenoxy) is 1. The molecule has 1 heterocycles. The highest BCUT2D eigenvalue weighted by atomic mass is 16.5. The zero-order chi connectivity index (χ0) is 14.8. The predicted octanol–water partition coefficient (Wildman–Crippen LogP) is 2.44. The number of methoxy groups -OCH3 is 1. The molecule has 0 saturated carbocycles.